The van der Waals surface area contributed by atoms with Gasteiger partial charge in [0.05, 0.1) is 11.7 Å². The lowest BCUT2D eigenvalue weighted by atomic mass is 10.3. The lowest BCUT2D eigenvalue weighted by Crippen LogP contribution is -2.21. The summed E-state index contributed by atoms with van der Waals surface area (Å²) in [6.45, 7) is 2.86. The minimum absolute atomic E-state index is 0.224. The highest BCUT2D eigenvalue weighted by molar-refractivity contribution is 5.01. The topological polar surface area (TPSA) is 47.7 Å². The van der Waals surface area contributed by atoms with E-state index in [-0.39, 0.29) is 6.04 Å². The lowest BCUT2D eigenvalue weighted by molar-refractivity contribution is 0.522. The smallest absolute Gasteiger partial charge is 0.125 e. The van der Waals surface area contributed by atoms with Gasteiger partial charge in [0.1, 0.15) is 5.82 Å². The molecule has 16 heavy (non-hydrogen) atoms. The molecule has 2 rings (SSSR count). The molecule has 0 aliphatic carbocycles. The molecule has 2 aromatic rings. The highest BCUT2D eigenvalue weighted by atomic mass is 15.3. The summed E-state index contributed by atoms with van der Waals surface area (Å²) in [5.41, 5.74) is 1.04. The number of hydrogen-bond donors (Lipinski definition) is 1. The molecule has 1 atom stereocenters. The number of imidazole rings is 1. The van der Waals surface area contributed by atoms with Crippen LogP contribution in [0.25, 0.3) is 0 Å². The van der Waals surface area contributed by atoms with Gasteiger partial charge in [-0.3, -0.25) is 4.68 Å². The predicted molar refractivity (Wildman–Crippen MR) is 61.7 cm³/mol. The Bertz CT molecular complexity index is 456. The van der Waals surface area contributed by atoms with Gasteiger partial charge in [-0.1, -0.05) is 0 Å². The second-order valence-electron chi connectivity index (χ2n) is 3.98. The molecule has 0 spiro atoms. The Hall–Kier alpha value is -1.62. The average molecular weight is 219 g/mol. The second-order valence-corrected chi connectivity index (χ2v) is 3.98. The van der Waals surface area contributed by atoms with Crippen molar-refractivity contribution in [3.63, 3.8) is 0 Å². The van der Waals surface area contributed by atoms with E-state index < -0.39 is 0 Å². The number of hydrogen-bond acceptors (Lipinski definition) is 3. The van der Waals surface area contributed by atoms with Crippen molar-refractivity contribution in [3.8, 4) is 0 Å². The van der Waals surface area contributed by atoms with Gasteiger partial charge in [0.2, 0.25) is 0 Å². The zero-order valence-corrected chi connectivity index (χ0v) is 9.88. The maximum absolute atomic E-state index is 4.31. The van der Waals surface area contributed by atoms with E-state index in [9.17, 15) is 0 Å². The summed E-state index contributed by atoms with van der Waals surface area (Å²) in [6.07, 6.45) is 5.71. The predicted octanol–water partition coefficient (Wildman–Crippen LogP) is 1.00. The van der Waals surface area contributed by atoms with Crippen LogP contribution >= 0.6 is 0 Å². The van der Waals surface area contributed by atoms with E-state index in [0.29, 0.717) is 0 Å². The fourth-order valence-electron chi connectivity index (χ4n) is 1.70. The first-order valence-corrected chi connectivity index (χ1v) is 5.36. The monoisotopic (exact) mass is 219 g/mol. The van der Waals surface area contributed by atoms with Crippen molar-refractivity contribution in [3.05, 3.63) is 36.2 Å². The molecular formula is C11H17N5. The molecule has 0 aromatic carbocycles. The second kappa shape index (κ2) is 4.49. The van der Waals surface area contributed by atoms with Gasteiger partial charge in [0.15, 0.2) is 0 Å². The van der Waals surface area contributed by atoms with Crippen LogP contribution in [0.3, 0.4) is 0 Å². The first-order valence-electron chi connectivity index (χ1n) is 5.36. The van der Waals surface area contributed by atoms with Crippen LogP contribution in [-0.2, 0) is 20.6 Å². The van der Waals surface area contributed by atoms with Gasteiger partial charge in [-0.05, 0) is 13.0 Å². The average Bonchev–Trinajstić information content (AvgIpc) is 2.84. The molecule has 5 heteroatoms. The number of aromatic nitrogens is 4. The molecule has 1 unspecified atom stereocenters. The number of rotatable bonds is 4. The molecular weight excluding hydrogens is 202 g/mol. The van der Waals surface area contributed by atoms with Crippen molar-refractivity contribution >= 4 is 0 Å². The molecule has 0 fully saturated rings. The van der Waals surface area contributed by atoms with Gasteiger partial charge in [-0.25, -0.2) is 4.98 Å². The molecule has 0 aliphatic rings. The van der Waals surface area contributed by atoms with E-state index in [4.69, 9.17) is 0 Å². The van der Waals surface area contributed by atoms with Crippen LogP contribution in [0.15, 0.2) is 24.7 Å². The normalized spacial score (nSPS) is 12.9. The quantitative estimate of drug-likeness (QED) is 0.834. The highest BCUT2D eigenvalue weighted by Gasteiger charge is 2.09. The third kappa shape index (κ3) is 2.30. The standard InChI is InChI=1S/C11H17N5/c1-9(11-12-5-7-15(11)2)13-8-10-4-6-16(3)14-10/h4-7,9,13H,8H2,1-3H3. The first kappa shape index (κ1) is 10.9. The van der Waals surface area contributed by atoms with Gasteiger partial charge >= 0.3 is 0 Å². The van der Waals surface area contributed by atoms with Crippen molar-refractivity contribution in [1.29, 1.82) is 0 Å². The minimum atomic E-state index is 0.224. The van der Waals surface area contributed by atoms with Crippen molar-refractivity contribution in [2.24, 2.45) is 14.1 Å². The third-order valence-electron chi connectivity index (χ3n) is 2.60. The van der Waals surface area contributed by atoms with E-state index >= 15 is 0 Å². The van der Waals surface area contributed by atoms with Crippen LogP contribution in [0.1, 0.15) is 24.5 Å². The van der Waals surface area contributed by atoms with Crippen LogP contribution < -0.4 is 5.32 Å². The Balaban J connectivity index is 1.93. The molecule has 0 bridgehead atoms. The fraction of sp³-hybridized carbons (Fsp3) is 0.455. The molecule has 5 nitrogen and oxygen atoms in total. The summed E-state index contributed by atoms with van der Waals surface area (Å²) in [6, 6.07) is 2.24. The third-order valence-corrected chi connectivity index (χ3v) is 2.60. The van der Waals surface area contributed by atoms with E-state index in [1.807, 2.05) is 48.0 Å². The molecule has 0 saturated heterocycles. The van der Waals surface area contributed by atoms with Gasteiger partial charge < -0.3 is 9.88 Å². The van der Waals surface area contributed by atoms with Gasteiger partial charge in [0.25, 0.3) is 0 Å². The van der Waals surface area contributed by atoms with Crippen LogP contribution in [0, 0.1) is 0 Å². The summed E-state index contributed by atoms with van der Waals surface area (Å²) >= 11 is 0. The van der Waals surface area contributed by atoms with E-state index in [0.717, 1.165) is 18.1 Å². The van der Waals surface area contributed by atoms with Crippen LogP contribution in [0.2, 0.25) is 0 Å². The Kier molecular flexibility index (Phi) is 3.05. The van der Waals surface area contributed by atoms with Crippen molar-refractivity contribution in [1.82, 2.24) is 24.6 Å². The van der Waals surface area contributed by atoms with Gasteiger partial charge in [0, 0.05) is 39.2 Å². The Labute approximate surface area is 95.1 Å². The number of nitrogens with zero attached hydrogens (tertiary/aromatic N) is 4. The van der Waals surface area contributed by atoms with Crippen LogP contribution in [0.5, 0.6) is 0 Å². The molecule has 86 valence electrons. The molecule has 2 aromatic heterocycles. The highest BCUT2D eigenvalue weighted by Crippen LogP contribution is 2.09. The summed E-state index contributed by atoms with van der Waals surface area (Å²) < 4.78 is 3.83. The SMILES string of the molecule is CC(NCc1ccn(C)n1)c1nccn1C. The number of aryl methyl sites for hydroxylation is 2. The van der Waals surface area contributed by atoms with Crippen LogP contribution in [-0.4, -0.2) is 19.3 Å². The van der Waals surface area contributed by atoms with Gasteiger partial charge in [-0.15, -0.1) is 0 Å². The lowest BCUT2D eigenvalue weighted by Gasteiger charge is -2.12. The molecule has 2 heterocycles. The number of nitrogens with one attached hydrogen (secondary N) is 1. The maximum Gasteiger partial charge on any atom is 0.125 e. The summed E-state index contributed by atoms with van der Waals surface area (Å²) in [7, 11) is 3.92. The first-order chi connectivity index (χ1) is 7.66. The minimum Gasteiger partial charge on any atom is -0.337 e. The van der Waals surface area contributed by atoms with Crippen molar-refractivity contribution < 1.29 is 0 Å². The Morgan fingerprint density at radius 3 is 2.75 bits per heavy atom. The zero-order chi connectivity index (χ0) is 11.5. The maximum atomic E-state index is 4.31. The molecule has 0 radical (unpaired) electrons. The molecule has 0 aliphatic heterocycles. The molecule has 1 N–H and O–H groups in total. The van der Waals surface area contributed by atoms with E-state index in [1.165, 1.54) is 0 Å². The summed E-state index contributed by atoms with van der Waals surface area (Å²) in [4.78, 5) is 4.31. The Morgan fingerprint density at radius 1 is 1.38 bits per heavy atom. The Morgan fingerprint density at radius 2 is 2.19 bits per heavy atom. The fourth-order valence-corrected chi connectivity index (χ4v) is 1.70. The van der Waals surface area contributed by atoms with Crippen LogP contribution in [0.4, 0.5) is 0 Å². The van der Waals surface area contributed by atoms with Gasteiger partial charge in [-0.2, -0.15) is 5.10 Å². The van der Waals surface area contributed by atoms with E-state index in [2.05, 4.69) is 22.3 Å². The van der Waals surface area contributed by atoms with Crippen molar-refractivity contribution in [2.75, 3.05) is 0 Å². The molecule has 0 amide bonds. The van der Waals surface area contributed by atoms with Crippen molar-refractivity contribution in [2.45, 2.75) is 19.5 Å². The van der Waals surface area contributed by atoms with E-state index in [1.54, 1.807) is 0 Å². The summed E-state index contributed by atoms with van der Waals surface area (Å²) in [5, 5.41) is 7.71. The molecule has 0 saturated carbocycles. The largest absolute Gasteiger partial charge is 0.337 e. The summed E-state index contributed by atoms with van der Waals surface area (Å²) in [5.74, 6) is 1.04. The zero-order valence-electron chi connectivity index (χ0n) is 9.88.